The Morgan fingerprint density at radius 3 is 2.53 bits per heavy atom. The van der Waals surface area contributed by atoms with Crippen molar-refractivity contribution >= 4 is 28.9 Å². The topological polar surface area (TPSA) is 61.4 Å². The van der Waals surface area contributed by atoms with Crippen molar-refractivity contribution in [3.05, 3.63) is 23.3 Å². The van der Waals surface area contributed by atoms with Crippen molar-refractivity contribution in [3.8, 4) is 5.75 Å². The third kappa shape index (κ3) is 3.71. The number of aromatic hydroxyl groups is 1. The van der Waals surface area contributed by atoms with E-state index in [1.807, 2.05) is 13.8 Å². The second-order valence-corrected chi connectivity index (χ2v) is 4.22. The van der Waals surface area contributed by atoms with Gasteiger partial charge in [-0.05, 0) is 49.3 Å². The summed E-state index contributed by atoms with van der Waals surface area (Å²) in [7, 11) is 0. The van der Waals surface area contributed by atoms with Crippen molar-refractivity contribution in [1.82, 2.24) is 5.32 Å². The Labute approximate surface area is 106 Å². The fourth-order valence-corrected chi connectivity index (χ4v) is 1.49. The van der Waals surface area contributed by atoms with E-state index in [-0.39, 0.29) is 16.8 Å². The predicted octanol–water partition coefficient (Wildman–Crippen LogP) is 2.23. The minimum atomic E-state index is -0.161. The van der Waals surface area contributed by atoms with Crippen LogP contribution in [0.25, 0.3) is 0 Å². The molecule has 0 saturated heterocycles. The Kier molecular flexibility index (Phi) is 4.45. The number of amides is 1. The number of carbonyl (C=O) groups is 1. The third-order valence-corrected chi connectivity index (χ3v) is 2.64. The van der Waals surface area contributed by atoms with E-state index < -0.39 is 0 Å². The molecule has 0 atom stereocenters. The largest absolute Gasteiger partial charge is 0.506 e. The molecule has 3 N–H and O–H groups in total. The molecule has 0 unspecified atom stereocenters. The Morgan fingerprint density at radius 2 is 1.94 bits per heavy atom. The molecule has 5 heteroatoms. The Morgan fingerprint density at radius 1 is 1.35 bits per heavy atom. The summed E-state index contributed by atoms with van der Waals surface area (Å²) in [5, 5.41) is 15.2. The Bertz CT molecular complexity index is 458. The average molecular weight is 252 g/mol. The summed E-state index contributed by atoms with van der Waals surface area (Å²) in [6, 6.07) is 3.44. The second kappa shape index (κ2) is 5.63. The molecule has 0 radical (unpaired) electrons. The smallest absolute Gasteiger partial charge is 0.225 e. The maximum atomic E-state index is 11.1. The predicted molar refractivity (Wildman–Crippen MR) is 72.2 cm³/mol. The molecular formula is C12H16N2O2S. The van der Waals surface area contributed by atoms with E-state index in [4.69, 9.17) is 12.2 Å². The lowest BCUT2D eigenvalue weighted by Crippen LogP contribution is -2.33. The minimum absolute atomic E-state index is 0.112. The zero-order valence-corrected chi connectivity index (χ0v) is 10.9. The highest BCUT2D eigenvalue weighted by atomic mass is 32.1. The highest BCUT2D eigenvalue weighted by Gasteiger charge is 2.07. The van der Waals surface area contributed by atoms with Crippen LogP contribution in [0.4, 0.5) is 5.69 Å². The zero-order valence-electron chi connectivity index (χ0n) is 10.1. The molecular weight excluding hydrogens is 236 g/mol. The lowest BCUT2D eigenvalue weighted by molar-refractivity contribution is -0.119. The Hall–Kier alpha value is -1.62. The number of aryl methyl sites for hydroxylation is 2. The lowest BCUT2D eigenvalue weighted by Gasteiger charge is -2.12. The fraction of sp³-hybridized carbons (Fsp3) is 0.333. The van der Waals surface area contributed by atoms with Crippen molar-refractivity contribution < 1.29 is 9.90 Å². The molecule has 0 aliphatic heterocycles. The van der Waals surface area contributed by atoms with Crippen LogP contribution in [0, 0.1) is 13.8 Å². The summed E-state index contributed by atoms with van der Waals surface area (Å²) < 4.78 is 0. The molecule has 4 nitrogen and oxygen atoms in total. The van der Waals surface area contributed by atoms with Crippen LogP contribution in [-0.4, -0.2) is 16.1 Å². The molecule has 0 heterocycles. The molecule has 0 saturated carbocycles. The van der Waals surface area contributed by atoms with E-state index in [9.17, 15) is 9.90 Å². The van der Waals surface area contributed by atoms with E-state index >= 15 is 0 Å². The molecule has 1 aromatic rings. The zero-order chi connectivity index (χ0) is 13.0. The number of phenolic OH excluding ortho intramolecular Hbond substituents is 1. The number of benzene rings is 1. The number of hydrogen-bond acceptors (Lipinski definition) is 3. The van der Waals surface area contributed by atoms with E-state index in [2.05, 4.69) is 10.6 Å². The first kappa shape index (κ1) is 13.4. The van der Waals surface area contributed by atoms with Gasteiger partial charge in [0.2, 0.25) is 5.91 Å². The molecule has 1 aromatic carbocycles. The monoisotopic (exact) mass is 252 g/mol. The van der Waals surface area contributed by atoms with Crippen molar-refractivity contribution in [3.63, 3.8) is 0 Å². The standard InChI is InChI=1S/C12H16N2O2S/c1-4-11(16)14-12(17)13-9-5-7(2)8(3)6-10(9)15/h5-6,15H,4H2,1-3H3,(H2,13,14,16,17). The summed E-state index contributed by atoms with van der Waals surface area (Å²) >= 11 is 4.96. The first-order chi connectivity index (χ1) is 7.93. The molecule has 17 heavy (non-hydrogen) atoms. The summed E-state index contributed by atoms with van der Waals surface area (Å²) in [6.07, 6.45) is 0.362. The molecule has 0 bridgehead atoms. The van der Waals surface area contributed by atoms with Crippen molar-refractivity contribution in [1.29, 1.82) is 0 Å². The van der Waals surface area contributed by atoms with Crippen molar-refractivity contribution in [2.45, 2.75) is 27.2 Å². The molecule has 0 spiro atoms. The second-order valence-electron chi connectivity index (χ2n) is 3.81. The van der Waals surface area contributed by atoms with E-state index in [0.29, 0.717) is 12.1 Å². The van der Waals surface area contributed by atoms with E-state index in [0.717, 1.165) is 11.1 Å². The number of phenols is 1. The number of hydrogen-bond donors (Lipinski definition) is 3. The van der Waals surface area contributed by atoms with Crippen LogP contribution in [0.3, 0.4) is 0 Å². The number of rotatable bonds is 2. The first-order valence-corrected chi connectivity index (χ1v) is 5.76. The molecule has 0 aromatic heterocycles. The molecule has 0 aliphatic rings. The third-order valence-electron chi connectivity index (χ3n) is 2.43. The van der Waals surface area contributed by atoms with Crippen molar-refractivity contribution in [2.24, 2.45) is 0 Å². The molecule has 0 fully saturated rings. The van der Waals surface area contributed by atoms with Crippen LogP contribution >= 0.6 is 12.2 Å². The summed E-state index contributed by atoms with van der Waals surface area (Å²) in [5.41, 5.74) is 2.53. The number of carbonyl (C=O) groups excluding carboxylic acids is 1. The van der Waals surface area contributed by atoms with E-state index in [1.165, 1.54) is 0 Å². The highest BCUT2D eigenvalue weighted by Crippen LogP contribution is 2.26. The van der Waals surface area contributed by atoms with Crippen molar-refractivity contribution in [2.75, 3.05) is 5.32 Å². The van der Waals surface area contributed by atoms with Gasteiger partial charge in [0.25, 0.3) is 0 Å². The van der Waals surface area contributed by atoms with Crippen LogP contribution in [0.5, 0.6) is 5.75 Å². The fourth-order valence-electron chi connectivity index (χ4n) is 1.27. The average Bonchev–Trinajstić information content (AvgIpc) is 2.25. The van der Waals surface area contributed by atoms with Crippen LogP contribution in [0.15, 0.2) is 12.1 Å². The maximum Gasteiger partial charge on any atom is 0.225 e. The van der Waals surface area contributed by atoms with Gasteiger partial charge in [0.1, 0.15) is 5.75 Å². The van der Waals surface area contributed by atoms with Crippen LogP contribution in [0.1, 0.15) is 24.5 Å². The molecule has 92 valence electrons. The molecule has 1 rings (SSSR count). The first-order valence-electron chi connectivity index (χ1n) is 5.35. The van der Waals surface area contributed by atoms with Gasteiger partial charge in [-0.25, -0.2) is 0 Å². The van der Waals surface area contributed by atoms with Gasteiger partial charge in [-0.2, -0.15) is 0 Å². The lowest BCUT2D eigenvalue weighted by atomic mass is 10.1. The summed E-state index contributed by atoms with van der Waals surface area (Å²) in [6.45, 7) is 5.59. The molecule has 0 aliphatic carbocycles. The minimum Gasteiger partial charge on any atom is -0.506 e. The van der Waals surface area contributed by atoms with Gasteiger partial charge in [0.05, 0.1) is 5.69 Å². The van der Waals surface area contributed by atoms with E-state index in [1.54, 1.807) is 19.1 Å². The normalized spacial score (nSPS) is 9.82. The van der Waals surface area contributed by atoms with Gasteiger partial charge in [-0.1, -0.05) is 6.92 Å². The molecule has 1 amide bonds. The van der Waals surface area contributed by atoms with Crippen LogP contribution < -0.4 is 10.6 Å². The van der Waals surface area contributed by atoms with Crippen LogP contribution in [0.2, 0.25) is 0 Å². The Balaban J connectivity index is 2.78. The number of thiocarbonyl (C=S) groups is 1. The number of nitrogens with one attached hydrogen (secondary N) is 2. The van der Waals surface area contributed by atoms with Gasteiger partial charge in [0, 0.05) is 6.42 Å². The van der Waals surface area contributed by atoms with Gasteiger partial charge < -0.3 is 15.7 Å². The SMILES string of the molecule is CCC(=O)NC(=S)Nc1cc(C)c(C)cc1O. The highest BCUT2D eigenvalue weighted by molar-refractivity contribution is 7.80. The maximum absolute atomic E-state index is 11.1. The quantitative estimate of drug-likeness (QED) is 0.558. The van der Waals surface area contributed by atoms with Gasteiger partial charge >= 0.3 is 0 Å². The number of anilines is 1. The van der Waals surface area contributed by atoms with Gasteiger partial charge in [-0.3, -0.25) is 4.79 Å². The van der Waals surface area contributed by atoms with Gasteiger partial charge in [-0.15, -0.1) is 0 Å². The van der Waals surface area contributed by atoms with Crippen LogP contribution in [-0.2, 0) is 4.79 Å². The summed E-state index contributed by atoms with van der Waals surface area (Å²) in [4.78, 5) is 11.1. The summed E-state index contributed by atoms with van der Waals surface area (Å²) in [5.74, 6) is -0.0491. The van der Waals surface area contributed by atoms with Gasteiger partial charge in [0.15, 0.2) is 5.11 Å².